The van der Waals surface area contributed by atoms with Gasteiger partial charge in [-0.3, -0.25) is 9.78 Å². The molecule has 2 aliphatic carbocycles. The summed E-state index contributed by atoms with van der Waals surface area (Å²) in [6, 6.07) is 3.86. The lowest BCUT2D eigenvalue weighted by molar-refractivity contribution is -0.140. The van der Waals surface area contributed by atoms with E-state index >= 15 is 0 Å². The Balaban J connectivity index is 1.41. The molecule has 3 nitrogen and oxygen atoms in total. The monoisotopic (exact) mass is 371 g/mol. The van der Waals surface area contributed by atoms with E-state index in [2.05, 4.69) is 18.8 Å². The van der Waals surface area contributed by atoms with Crippen LogP contribution in [0.4, 0.5) is 0 Å². The van der Waals surface area contributed by atoms with Crippen molar-refractivity contribution >= 4 is 5.97 Å². The SMILES string of the molecule is CCCc1ccc(OC(=O)C2CCC(C3CCC(CCC)CC3)CC2)cn1. The number of aromatic nitrogens is 1. The molecule has 27 heavy (non-hydrogen) atoms. The van der Waals surface area contributed by atoms with Crippen LogP contribution in [0.25, 0.3) is 0 Å². The lowest BCUT2D eigenvalue weighted by atomic mass is 9.69. The minimum atomic E-state index is -0.0508. The van der Waals surface area contributed by atoms with E-state index in [0.29, 0.717) is 5.75 Å². The second-order valence-corrected chi connectivity index (χ2v) is 8.84. The largest absolute Gasteiger partial charge is 0.425 e. The first-order chi connectivity index (χ1) is 13.2. The van der Waals surface area contributed by atoms with Gasteiger partial charge in [0.25, 0.3) is 0 Å². The zero-order valence-electron chi connectivity index (χ0n) is 17.3. The van der Waals surface area contributed by atoms with Crippen molar-refractivity contribution < 1.29 is 9.53 Å². The molecule has 0 bridgehead atoms. The van der Waals surface area contributed by atoms with Crippen molar-refractivity contribution in [1.29, 1.82) is 0 Å². The highest BCUT2D eigenvalue weighted by molar-refractivity contribution is 5.75. The summed E-state index contributed by atoms with van der Waals surface area (Å²) in [5, 5.41) is 0. The van der Waals surface area contributed by atoms with E-state index in [1.165, 1.54) is 51.4 Å². The molecular formula is C24H37NO2. The number of carbonyl (C=O) groups excluding carboxylic acids is 1. The van der Waals surface area contributed by atoms with Gasteiger partial charge in [-0.05, 0) is 74.8 Å². The molecule has 0 atom stereocenters. The summed E-state index contributed by atoms with van der Waals surface area (Å²) >= 11 is 0. The molecule has 0 N–H and O–H groups in total. The smallest absolute Gasteiger partial charge is 0.314 e. The van der Waals surface area contributed by atoms with Crippen LogP contribution >= 0.6 is 0 Å². The van der Waals surface area contributed by atoms with E-state index in [1.54, 1.807) is 6.20 Å². The predicted molar refractivity (Wildman–Crippen MR) is 110 cm³/mol. The minimum absolute atomic E-state index is 0.0508. The van der Waals surface area contributed by atoms with E-state index < -0.39 is 0 Å². The minimum Gasteiger partial charge on any atom is -0.425 e. The van der Waals surface area contributed by atoms with Crippen LogP contribution in [0.3, 0.4) is 0 Å². The summed E-state index contributed by atoms with van der Waals surface area (Å²) in [5.41, 5.74) is 1.06. The lowest BCUT2D eigenvalue weighted by Gasteiger charge is -2.37. The van der Waals surface area contributed by atoms with Crippen LogP contribution in [0, 0.1) is 23.7 Å². The van der Waals surface area contributed by atoms with Crippen molar-refractivity contribution in [2.45, 2.75) is 90.9 Å². The maximum Gasteiger partial charge on any atom is 0.314 e. The van der Waals surface area contributed by atoms with Crippen LogP contribution in [0.15, 0.2) is 18.3 Å². The van der Waals surface area contributed by atoms with E-state index in [9.17, 15) is 4.79 Å². The molecule has 0 amide bonds. The molecule has 2 saturated carbocycles. The standard InChI is InChI=1S/C24H37NO2/c1-3-5-18-7-9-19(10-8-18)20-11-13-21(14-12-20)24(26)27-23-16-15-22(6-4-2)25-17-23/h15-21H,3-14H2,1-2H3. The van der Waals surface area contributed by atoms with Gasteiger partial charge in [0, 0.05) is 5.69 Å². The molecule has 0 aromatic carbocycles. The van der Waals surface area contributed by atoms with E-state index in [-0.39, 0.29) is 11.9 Å². The number of nitrogens with zero attached hydrogens (tertiary/aromatic N) is 1. The fourth-order valence-electron chi connectivity index (χ4n) is 5.26. The Hall–Kier alpha value is -1.38. The molecule has 0 unspecified atom stereocenters. The Bertz CT molecular complexity index is 567. The Labute approximate surface area is 165 Å². The van der Waals surface area contributed by atoms with Crippen LogP contribution in [0.2, 0.25) is 0 Å². The molecule has 2 fully saturated rings. The maximum absolute atomic E-state index is 12.5. The Morgan fingerprint density at radius 2 is 1.63 bits per heavy atom. The quantitative estimate of drug-likeness (QED) is 0.524. The van der Waals surface area contributed by atoms with Crippen LogP contribution < -0.4 is 4.74 Å². The number of rotatable bonds is 7. The lowest BCUT2D eigenvalue weighted by Crippen LogP contribution is -2.30. The Morgan fingerprint density at radius 3 is 2.19 bits per heavy atom. The highest BCUT2D eigenvalue weighted by Gasteiger charge is 2.33. The number of carbonyl (C=O) groups is 1. The van der Waals surface area contributed by atoms with Gasteiger partial charge in [0.15, 0.2) is 0 Å². The van der Waals surface area contributed by atoms with Crippen LogP contribution in [-0.2, 0) is 11.2 Å². The number of pyridine rings is 1. The van der Waals surface area contributed by atoms with Gasteiger partial charge in [-0.15, -0.1) is 0 Å². The number of aryl methyl sites for hydroxylation is 1. The Morgan fingerprint density at radius 1 is 0.963 bits per heavy atom. The van der Waals surface area contributed by atoms with Gasteiger partial charge in [-0.1, -0.05) is 46.0 Å². The third-order valence-corrected chi connectivity index (χ3v) is 6.88. The molecule has 0 radical (unpaired) electrons. The van der Waals surface area contributed by atoms with Gasteiger partial charge in [-0.25, -0.2) is 0 Å². The second kappa shape index (κ2) is 10.2. The summed E-state index contributed by atoms with van der Waals surface area (Å²) in [6.45, 7) is 4.45. The number of ether oxygens (including phenoxy) is 1. The fraction of sp³-hybridized carbons (Fsp3) is 0.750. The first-order valence-corrected chi connectivity index (χ1v) is 11.4. The molecule has 1 aromatic rings. The van der Waals surface area contributed by atoms with Crippen molar-refractivity contribution in [3.8, 4) is 5.75 Å². The number of hydrogen-bond acceptors (Lipinski definition) is 3. The first-order valence-electron chi connectivity index (χ1n) is 11.4. The molecular weight excluding hydrogens is 334 g/mol. The fourth-order valence-corrected chi connectivity index (χ4v) is 5.26. The molecule has 0 saturated heterocycles. The highest BCUT2D eigenvalue weighted by Crippen LogP contribution is 2.42. The molecule has 2 aliphatic rings. The zero-order valence-corrected chi connectivity index (χ0v) is 17.3. The summed E-state index contributed by atoms with van der Waals surface area (Å²) in [6.07, 6.45) is 16.6. The summed E-state index contributed by atoms with van der Waals surface area (Å²) in [5.74, 6) is 3.35. The third-order valence-electron chi connectivity index (χ3n) is 6.88. The number of hydrogen-bond donors (Lipinski definition) is 0. The van der Waals surface area contributed by atoms with Gasteiger partial charge >= 0.3 is 5.97 Å². The van der Waals surface area contributed by atoms with Gasteiger partial charge in [0.05, 0.1) is 12.1 Å². The summed E-state index contributed by atoms with van der Waals surface area (Å²) < 4.78 is 5.61. The third kappa shape index (κ3) is 5.80. The van der Waals surface area contributed by atoms with Gasteiger partial charge in [0.1, 0.15) is 5.75 Å². The Kier molecular flexibility index (Phi) is 7.72. The van der Waals surface area contributed by atoms with Gasteiger partial charge in [-0.2, -0.15) is 0 Å². The molecule has 1 heterocycles. The van der Waals surface area contributed by atoms with E-state index in [0.717, 1.165) is 49.1 Å². The zero-order chi connectivity index (χ0) is 19.1. The predicted octanol–water partition coefficient (Wildman–Crippen LogP) is 6.35. The molecule has 3 rings (SSSR count). The van der Waals surface area contributed by atoms with Gasteiger partial charge < -0.3 is 4.74 Å². The molecule has 0 spiro atoms. The maximum atomic E-state index is 12.5. The molecule has 3 heteroatoms. The average Bonchev–Trinajstić information content (AvgIpc) is 2.71. The molecule has 150 valence electrons. The average molecular weight is 372 g/mol. The van der Waals surface area contributed by atoms with Crippen LogP contribution in [-0.4, -0.2) is 11.0 Å². The summed E-state index contributed by atoms with van der Waals surface area (Å²) in [4.78, 5) is 16.9. The van der Waals surface area contributed by atoms with E-state index in [1.807, 2.05) is 12.1 Å². The normalized spacial score (nSPS) is 28.7. The topological polar surface area (TPSA) is 39.2 Å². The summed E-state index contributed by atoms with van der Waals surface area (Å²) in [7, 11) is 0. The molecule has 0 aliphatic heterocycles. The van der Waals surface area contributed by atoms with Crippen molar-refractivity contribution in [1.82, 2.24) is 4.98 Å². The van der Waals surface area contributed by atoms with Crippen molar-refractivity contribution in [2.75, 3.05) is 0 Å². The van der Waals surface area contributed by atoms with Crippen molar-refractivity contribution in [3.63, 3.8) is 0 Å². The second-order valence-electron chi connectivity index (χ2n) is 8.84. The van der Waals surface area contributed by atoms with Crippen molar-refractivity contribution in [3.05, 3.63) is 24.0 Å². The molecule has 1 aromatic heterocycles. The van der Waals surface area contributed by atoms with Crippen LogP contribution in [0.5, 0.6) is 5.75 Å². The van der Waals surface area contributed by atoms with E-state index in [4.69, 9.17) is 4.74 Å². The van der Waals surface area contributed by atoms with Gasteiger partial charge in [0.2, 0.25) is 0 Å². The van der Waals surface area contributed by atoms with Crippen molar-refractivity contribution in [2.24, 2.45) is 23.7 Å². The first kappa shape index (κ1) is 20.4. The number of esters is 1. The van der Waals surface area contributed by atoms with Crippen LogP contribution in [0.1, 0.15) is 90.2 Å². The highest BCUT2D eigenvalue weighted by atomic mass is 16.5.